The number of pyridine rings is 1. The monoisotopic (exact) mass is 476 g/mol. The molecule has 0 spiro atoms. The van der Waals surface area contributed by atoms with E-state index in [9.17, 15) is 9.18 Å². The van der Waals surface area contributed by atoms with Gasteiger partial charge in [0, 0.05) is 18.5 Å². The summed E-state index contributed by atoms with van der Waals surface area (Å²) in [6, 6.07) is 18.4. The van der Waals surface area contributed by atoms with Crippen molar-refractivity contribution in [3.8, 4) is 10.6 Å². The van der Waals surface area contributed by atoms with Gasteiger partial charge >= 0.3 is 0 Å². The summed E-state index contributed by atoms with van der Waals surface area (Å²) in [4.78, 5) is 28.0. The number of amides is 1. The largest absolute Gasteiger partial charge is 0.308 e. The molecule has 33 heavy (non-hydrogen) atoms. The first-order valence-electron chi connectivity index (χ1n) is 10.5. The quantitative estimate of drug-likeness (QED) is 0.305. The molecule has 3 heterocycles. The lowest BCUT2D eigenvalue weighted by molar-refractivity contribution is 0.0986. The molecular weight excluding hydrogens is 455 g/mol. The molecule has 0 atom stereocenters. The topological polar surface area (TPSA) is 49.3 Å². The Kier molecular flexibility index (Phi) is 5.88. The number of hydrogen-bond acceptors (Lipinski definition) is 6. The summed E-state index contributed by atoms with van der Waals surface area (Å²) in [6.07, 6.45) is 0. The minimum absolute atomic E-state index is 0.173. The number of carbonyl (C=O) groups excluding carboxylic acids is 1. The Morgan fingerprint density at radius 1 is 1.00 bits per heavy atom. The van der Waals surface area contributed by atoms with Gasteiger partial charge in [-0.25, -0.2) is 14.4 Å². The number of benzene rings is 2. The van der Waals surface area contributed by atoms with Crippen LogP contribution in [0, 0.1) is 5.82 Å². The second-order valence-electron chi connectivity index (χ2n) is 7.89. The van der Waals surface area contributed by atoms with Gasteiger partial charge in [-0.05, 0) is 49.8 Å². The number of hydrogen-bond donors (Lipinski definition) is 0. The average molecular weight is 477 g/mol. The highest BCUT2D eigenvalue weighted by atomic mass is 32.1. The third-order valence-corrected chi connectivity index (χ3v) is 7.26. The first-order valence-corrected chi connectivity index (χ1v) is 12.2. The van der Waals surface area contributed by atoms with E-state index in [1.165, 1.54) is 17.4 Å². The van der Waals surface area contributed by atoms with Gasteiger partial charge in [-0.1, -0.05) is 41.7 Å². The minimum atomic E-state index is -0.385. The smallest absolute Gasteiger partial charge is 0.260 e. The van der Waals surface area contributed by atoms with E-state index in [1.54, 1.807) is 22.3 Å². The summed E-state index contributed by atoms with van der Waals surface area (Å²) in [5.74, 6) is -0.558. The second kappa shape index (κ2) is 8.97. The van der Waals surface area contributed by atoms with Crippen molar-refractivity contribution in [3.63, 3.8) is 0 Å². The van der Waals surface area contributed by atoms with Crippen LogP contribution in [0.1, 0.15) is 10.4 Å². The molecule has 0 aliphatic rings. The van der Waals surface area contributed by atoms with Crippen molar-refractivity contribution in [1.82, 2.24) is 14.9 Å². The fourth-order valence-electron chi connectivity index (χ4n) is 3.65. The summed E-state index contributed by atoms with van der Waals surface area (Å²) in [6.45, 7) is 1.07. The fourth-order valence-corrected chi connectivity index (χ4v) is 5.34. The number of rotatable bonds is 6. The Labute approximate surface area is 198 Å². The zero-order valence-corrected chi connectivity index (χ0v) is 19.8. The van der Waals surface area contributed by atoms with Crippen LogP contribution in [0.4, 0.5) is 9.52 Å². The molecule has 0 radical (unpaired) electrons. The highest BCUT2D eigenvalue weighted by molar-refractivity contribution is 7.22. The third kappa shape index (κ3) is 4.25. The molecule has 3 aromatic heterocycles. The standard InChI is InChI=1S/C25H21FN4OS2/c1-29(2)12-13-30(25-28-23-18(26)8-5-10-22(23)33-25)24(31)17-15-20(21-11-6-14-32-21)27-19-9-4-3-7-16(17)19/h3-11,14-15H,12-13H2,1-2H3. The molecule has 0 bridgehead atoms. The maximum atomic E-state index is 14.3. The summed E-state index contributed by atoms with van der Waals surface area (Å²) in [5, 5.41) is 3.26. The average Bonchev–Trinajstić information content (AvgIpc) is 3.49. The van der Waals surface area contributed by atoms with Crippen LogP contribution in [0.25, 0.3) is 31.7 Å². The Balaban J connectivity index is 1.65. The first-order chi connectivity index (χ1) is 16.0. The Bertz CT molecular complexity index is 1450. The number of aromatic nitrogens is 2. The van der Waals surface area contributed by atoms with E-state index in [0.29, 0.717) is 34.0 Å². The number of thiophene rings is 1. The maximum absolute atomic E-state index is 14.3. The van der Waals surface area contributed by atoms with Gasteiger partial charge in [0.15, 0.2) is 5.13 Å². The van der Waals surface area contributed by atoms with Crippen molar-refractivity contribution in [2.75, 3.05) is 32.1 Å². The van der Waals surface area contributed by atoms with E-state index in [4.69, 9.17) is 4.98 Å². The first kappa shape index (κ1) is 21.6. The molecule has 0 fully saturated rings. The van der Waals surface area contributed by atoms with Crippen molar-refractivity contribution in [2.24, 2.45) is 0 Å². The van der Waals surface area contributed by atoms with Gasteiger partial charge < -0.3 is 4.90 Å². The SMILES string of the molecule is CN(C)CCN(C(=O)c1cc(-c2cccs2)nc2ccccc12)c1nc2c(F)cccc2s1. The Morgan fingerprint density at radius 3 is 2.61 bits per heavy atom. The number of anilines is 1. The zero-order valence-electron chi connectivity index (χ0n) is 18.2. The van der Waals surface area contributed by atoms with Crippen LogP contribution in [0.2, 0.25) is 0 Å². The molecule has 0 saturated heterocycles. The molecule has 0 saturated carbocycles. The Hall–Kier alpha value is -3.20. The van der Waals surface area contributed by atoms with Gasteiger partial charge in [0.05, 0.1) is 26.4 Å². The predicted molar refractivity (Wildman–Crippen MR) is 135 cm³/mol. The molecule has 0 N–H and O–H groups in total. The molecule has 5 nitrogen and oxygen atoms in total. The van der Waals surface area contributed by atoms with Crippen molar-refractivity contribution < 1.29 is 9.18 Å². The second-order valence-corrected chi connectivity index (χ2v) is 9.85. The van der Waals surface area contributed by atoms with Gasteiger partial charge in [-0.2, -0.15) is 0 Å². The number of para-hydroxylation sites is 2. The van der Waals surface area contributed by atoms with Gasteiger partial charge in [0.25, 0.3) is 5.91 Å². The van der Waals surface area contributed by atoms with Crippen LogP contribution in [0.5, 0.6) is 0 Å². The summed E-state index contributed by atoms with van der Waals surface area (Å²) < 4.78 is 15.1. The van der Waals surface area contributed by atoms with E-state index < -0.39 is 0 Å². The van der Waals surface area contributed by atoms with Crippen molar-refractivity contribution >= 4 is 54.8 Å². The molecule has 2 aromatic carbocycles. The van der Waals surface area contributed by atoms with Gasteiger partial charge in [0.1, 0.15) is 11.3 Å². The summed E-state index contributed by atoms with van der Waals surface area (Å²) in [5.41, 5.74) is 2.37. The van der Waals surface area contributed by atoms with Crippen LogP contribution < -0.4 is 4.90 Å². The number of fused-ring (bicyclic) bond motifs is 2. The van der Waals surface area contributed by atoms with Crippen molar-refractivity contribution in [2.45, 2.75) is 0 Å². The molecule has 0 aliphatic heterocycles. The lowest BCUT2D eigenvalue weighted by Gasteiger charge is -2.23. The van der Waals surface area contributed by atoms with Crippen LogP contribution in [0.3, 0.4) is 0 Å². The van der Waals surface area contributed by atoms with Crippen LogP contribution in [-0.2, 0) is 0 Å². The van der Waals surface area contributed by atoms with E-state index >= 15 is 0 Å². The lowest BCUT2D eigenvalue weighted by Crippen LogP contribution is -2.37. The van der Waals surface area contributed by atoms with Crippen molar-refractivity contribution in [3.05, 3.63) is 77.4 Å². The van der Waals surface area contributed by atoms with Gasteiger partial charge in [0.2, 0.25) is 0 Å². The van der Waals surface area contributed by atoms with Crippen LogP contribution >= 0.6 is 22.7 Å². The lowest BCUT2D eigenvalue weighted by atomic mass is 10.1. The fraction of sp³-hybridized carbons (Fsp3) is 0.160. The number of carbonyl (C=O) groups is 1. The Morgan fingerprint density at radius 2 is 1.85 bits per heavy atom. The molecule has 0 aliphatic carbocycles. The van der Waals surface area contributed by atoms with Crippen molar-refractivity contribution in [1.29, 1.82) is 0 Å². The molecular formula is C25H21FN4OS2. The molecule has 166 valence electrons. The highest BCUT2D eigenvalue weighted by Crippen LogP contribution is 2.33. The molecule has 5 aromatic rings. The van der Waals surface area contributed by atoms with E-state index in [-0.39, 0.29) is 11.7 Å². The number of likely N-dealkylation sites (N-methyl/N-ethyl adjacent to an activating group) is 1. The van der Waals surface area contributed by atoms with E-state index in [2.05, 4.69) is 4.98 Å². The number of nitrogens with zero attached hydrogens (tertiary/aromatic N) is 4. The zero-order chi connectivity index (χ0) is 22.9. The highest BCUT2D eigenvalue weighted by Gasteiger charge is 2.25. The van der Waals surface area contributed by atoms with Crippen LogP contribution in [-0.4, -0.2) is 48.0 Å². The van der Waals surface area contributed by atoms with Crippen LogP contribution in [0.15, 0.2) is 66.0 Å². The molecule has 8 heteroatoms. The summed E-state index contributed by atoms with van der Waals surface area (Å²) in [7, 11) is 3.91. The molecule has 1 amide bonds. The number of thiazole rings is 1. The van der Waals surface area contributed by atoms with E-state index in [1.807, 2.05) is 72.9 Å². The molecule has 0 unspecified atom stereocenters. The minimum Gasteiger partial charge on any atom is -0.308 e. The predicted octanol–water partition coefficient (Wildman–Crippen LogP) is 5.92. The maximum Gasteiger partial charge on any atom is 0.260 e. The van der Waals surface area contributed by atoms with Gasteiger partial charge in [-0.15, -0.1) is 11.3 Å². The molecule has 5 rings (SSSR count). The normalized spacial score (nSPS) is 11.5. The third-order valence-electron chi connectivity index (χ3n) is 5.33. The number of halogens is 1. The summed E-state index contributed by atoms with van der Waals surface area (Å²) >= 11 is 2.91. The van der Waals surface area contributed by atoms with E-state index in [0.717, 1.165) is 21.5 Å². The van der Waals surface area contributed by atoms with Gasteiger partial charge in [-0.3, -0.25) is 9.69 Å².